The van der Waals surface area contributed by atoms with E-state index in [1.807, 2.05) is 0 Å². The average Bonchev–Trinajstić information content (AvgIpc) is 2.09. The van der Waals surface area contributed by atoms with Crippen molar-refractivity contribution in [3.8, 4) is 5.75 Å². The van der Waals surface area contributed by atoms with Crippen LogP contribution >= 0.6 is 0 Å². The number of ether oxygens (including phenoxy) is 1. The van der Waals surface area contributed by atoms with Crippen molar-refractivity contribution < 1.29 is 27.1 Å². The van der Waals surface area contributed by atoms with Crippen molar-refractivity contribution in [1.82, 2.24) is 0 Å². The summed E-state index contributed by atoms with van der Waals surface area (Å²) in [6, 6.07) is 0.00231. The fraction of sp³-hybridized carbons (Fsp3) is 0. The Hall–Kier alpha value is -1.59. The van der Waals surface area contributed by atoms with Crippen LogP contribution in [0.2, 0.25) is 0 Å². The fourth-order valence-electron chi connectivity index (χ4n) is 0.683. The predicted octanol–water partition coefficient (Wildman–Crippen LogP) is 1.69. The quantitative estimate of drug-likeness (QED) is 0.527. The first kappa shape index (κ1) is 9.50. The van der Waals surface area contributed by atoms with Crippen molar-refractivity contribution in [3.63, 3.8) is 0 Å². The van der Waals surface area contributed by atoms with Crippen molar-refractivity contribution >= 4 is 6.47 Å². The highest BCUT2D eigenvalue weighted by molar-refractivity contribution is 5.47. The third-order valence-corrected chi connectivity index (χ3v) is 1.22. The van der Waals surface area contributed by atoms with Crippen molar-refractivity contribution in [3.05, 3.63) is 29.3 Å². The average molecular weight is 193 g/mol. The van der Waals surface area contributed by atoms with Gasteiger partial charge in [-0.25, -0.2) is 13.6 Å². The molecule has 0 spiro atoms. The Kier molecular flexibility index (Phi) is 2.50. The molecule has 0 saturated carbocycles. The molecule has 13 heavy (non-hydrogen) atoms. The summed E-state index contributed by atoms with van der Waals surface area (Å²) in [6.07, 6.45) is 0. The second-order valence-corrected chi connectivity index (χ2v) is 1.98. The first-order valence-corrected chi connectivity index (χ1v) is 2.95. The third-order valence-electron chi connectivity index (χ3n) is 1.22. The number of carbonyl (C=O) groups excluding carboxylic acids is 1. The first-order chi connectivity index (χ1) is 6.07. The molecule has 0 aliphatic rings. The van der Waals surface area contributed by atoms with E-state index < -0.39 is 29.0 Å². The maximum absolute atomic E-state index is 12.5. The van der Waals surface area contributed by atoms with Crippen LogP contribution < -0.4 is 4.74 Å². The summed E-state index contributed by atoms with van der Waals surface area (Å²) < 4.78 is 53.4. The van der Waals surface area contributed by atoms with Crippen molar-refractivity contribution in [2.75, 3.05) is 0 Å². The Bertz CT molecular complexity index is 325. The normalized spacial score (nSPS) is 9.85. The van der Waals surface area contributed by atoms with Gasteiger partial charge in [0.15, 0.2) is 11.6 Å². The fourth-order valence-corrected chi connectivity index (χ4v) is 0.683. The number of benzene rings is 1. The van der Waals surface area contributed by atoms with Gasteiger partial charge in [-0.2, -0.15) is 8.78 Å². The molecule has 0 bridgehead atoms. The van der Waals surface area contributed by atoms with Crippen molar-refractivity contribution in [1.29, 1.82) is 0 Å². The van der Waals surface area contributed by atoms with E-state index in [0.29, 0.717) is 6.47 Å². The highest BCUT2D eigenvalue weighted by Gasteiger charge is 2.20. The van der Waals surface area contributed by atoms with Crippen LogP contribution in [0.3, 0.4) is 0 Å². The van der Waals surface area contributed by atoms with Gasteiger partial charge in [-0.15, -0.1) is 0 Å². The molecule has 69 valence electrons. The van der Waals surface area contributed by atoms with E-state index >= 15 is 0 Å². The second-order valence-electron chi connectivity index (χ2n) is 1.98. The maximum atomic E-state index is 12.5. The molecule has 1 rings (SSSR count). The van der Waals surface area contributed by atoms with Gasteiger partial charge in [-0.3, -0.25) is 0 Å². The van der Waals surface area contributed by atoms with Gasteiger partial charge in [0.2, 0.25) is 17.4 Å². The van der Waals surface area contributed by atoms with Gasteiger partial charge in [-0.1, -0.05) is 0 Å². The zero-order valence-electron chi connectivity index (χ0n) is 5.91. The molecule has 1 radical (unpaired) electrons. The Balaban J connectivity index is 3.36. The van der Waals surface area contributed by atoms with Gasteiger partial charge in [0.25, 0.3) is 0 Å². The molecule has 0 N–H and O–H groups in total. The monoisotopic (exact) mass is 193 g/mol. The molecule has 0 aromatic heterocycles. The van der Waals surface area contributed by atoms with Crippen molar-refractivity contribution in [2.24, 2.45) is 0 Å². The summed E-state index contributed by atoms with van der Waals surface area (Å²) in [7, 11) is 0. The van der Waals surface area contributed by atoms with Crippen LogP contribution in [0.5, 0.6) is 5.75 Å². The van der Waals surface area contributed by atoms with E-state index in [1.165, 1.54) is 0 Å². The molecular formula is C7HF4O2. The topological polar surface area (TPSA) is 26.3 Å². The van der Waals surface area contributed by atoms with Crippen LogP contribution in [0.25, 0.3) is 0 Å². The number of hydrogen-bond acceptors (Lipinski definition) is 2. The van der Waals surface area contributed by atoms with Gasteiger partial charge in [0, 0.05) is 6.07 Å². The Morgan fingerprint density at radius 3 is 1.92 bits per heavy atom. The molecule has 0 saturated heterocycles. The zero-order chi connectivity index (χ0) is 10.0. The predicted molar refractivity (Wildman–Crippen MR) is 32.6 cm³/mol. The Morgan fingerprint density at radius 2 is 1.54 bits per heavy atom. The summed E-state index contributed by atoms with van der Waals surface area (Å²) in [4.78, 5) is 9.58. The summed E-state index contributed by atoms with van der Waals surface area (Å²) in [5, 5.41) is 0. The lowest BCUT2D eigenvalue weighted by Crippen LogP contribution is -2.01. The van der Waals surface area contributed by atoms with Gasteiger partial charge < -0.3 is 4.74 Å². The third kappa shape index (κ3) is 1.61. The highest BCUT2D eigenvalue weighted by Crippen LogP contribution is 2.25. The Labute approximate surface area is 69.7 Å². The van der Waals surface area contributed by atoms with E-state index in [-0.39, 0.29) is 6.07 Å². The molecule has 6 heteroatoms. The van der Waals surface area contributed by atoms with Crippen molar-refractivity contribution in [2.45, 2.75) is 0 Å². The molecule has 0 atom stereocenters. The number of hydrogen-bond donors (Lipinski definition) is 0. The van der Waals surface area contributed by atoms with Crippen LogP contribution in [0.15, 0.2) is 6.07 Å². The van der Waals surface area contributed by atoms with Crippen LogP contribution in [0.1, 0.15) is 0 Å². The molecule has 0 aliphatic heterocycles. The van der Waals surface area contributed by atoms with E-state index in [4.69, 9.17) is 0 Å². The molecule has 0 amide bonds. The van der Waals surface area contributed by atoms with Crippen LogP contribution in [0, 0.1) is 23.3 Å². The summed E-state index contributed by atoms with van der Waals surface area (Å²) in [5.74, 6) is -8.29. The van der Waals surface area contributed by atoms with Gasteiger partial charge >= 0.3 is 6.47 Å². The lowest BCUT2D eigenvalue weighted by atomic mass is 10.3. The largest absolute Gasteiger partial charge is 0.423 e. The number of rotatable bonds is 2. The summed E-state index contributed by atoms with van der Waals surface area (Å²) in [6.45, 7) is 0.657. The maximum Gasteiger partial charge on any atom is 0.423 e. The zero-order valence-corrected chi connectivity index (χ0v) is 5.91. The van der Waals surface area contributed by atoms with Gasteiger partial charge in [0.05, 0.1) is 0 Å². The second kappa shape index (κ2) is 3.42. The SMILES string of the molecule is O=[C]Oc1c(F)c(F)cc(F)c1F. The molecular weight excluding hydrogens is 192 g/mol. The minimum absolute atomic E-state index is 0.00231. The minimum atomic E-state index is -1.78. The number of halogens is 4. The molecule has 0 fully saturated rings. The van der Waals surface area contributed by atoms with E-state index in [9.17, 15) is 22.4 Å². The lowest BCUT2D eigenvalue weighted by Gasteiger charge is -2.02. The molecule has 0 heterocycles. The molecule has 2 nitrogen and oxygen atoms in total. The summed E-state index contributed by atoms with van der Waals surface area (Å²) in [5.41, 5.74) is 0. The van der Waals surface area contributed by atoms with E-state index in [1.54, 1.807) is 0 Å². The van der Waals surface area contributed by atoms with Gasteiger partial charge in [0.1, 0.15) is 0 Å². The molecule has 0 aliphatic carbocycles. The standard InChI is InChI=1S/C7HF4O2/c8-3-1-4(9)6(11)7(5(3)10)13-2-12/h1H. The molecule has 1 aromatic rings. The van der Waals surface area contributed by atoms with Crippen LogP contribution in [0.4, 0.5) is 17.6 Å². The highest BCUT2D eigenvalue weighted by atomic mass is 19.2. The molecule has 1 aromatic carbocycles. The van der Waals surface area contributed by atoms with E-state index in [0.717, 1.165) is 0 Å². The minimum Gasteiger partial charge on any atom is -0.412 e. The molecule has 0 unspecified atom stereocenters. The summed E-state index contributed by atoms with van der Waals surface area (Å²) >= 11 is 0. The lowest BCUT2D eigenvalue weighted by molar-refractivity contribution is 0.369. The van der Waals surface area contributed by atoms with Crippen LogP contribution in [-0.4, -0.2) is 6.47 Å². The Morgan fingerprint density at radius 1 is 1.08 bits per heavy atom. The van der Waals surface area contributed by atoms with Crippen LogP contribution in [-0.2, 0) is 4.79 Å². The van der Waals surface area contributed by atoms with Gasteiger partial charge in [-0.05, 0) is 0 Å². The smallest absolute Gasteiger partial charge is 0.412 e. The van der Waals surface area contributed by atoms with E-state index in [2.05, 4.69) is 4.74 Å². The first-order valence-electron chi connectivity index (χ1n) is 2.95.